The Bertz CT molecular complexity index is 510. The highest BCUT2D eigenvalue weighted by molar-refractivity contribution is 7.86. The van der Waals surface area contributed by atoms with Crippen LogP contribution in [-0.4, -0.2) is 39.3 Å². The summed E-state index contributed by atoms with van der Waals surface area (Å²) in [6.07, 6.45) is 0. The SMILES string of the molecule is CCOC(C)(OCCO)OS(=O)(=O)c1ccc(C)cc1. The van der Waals surface area contributed by atoms with Gasteiger partial charge in [-0.05, 0) is 26.0 Å². The fourth-order valence-electron chi connectivity index (χ4n) is 1.54. The summed E-state index contributed by atoms with van der Waals surface area (Å²) in [7, 11) is -4.02. The fraction of sp³-hybridized carbons (Fsp3) is 0.538. The molecule has 1 rings (SSSR count). The second kappa shape index (κ2) is 7.14. The zero-order chi connectivity index (χ0) is 15.2. The first-order chi connectivity index (χ1) is 9.33. The summed E-state index contributed by atoms with van der Waals surface area (Å²) in [4.78, 5) is 0.0154. The molecule has 0 saturated heterocycles. The summed E-state index contributed by atoms with van der Waals surface area (Å²) in [6.45, 7) is 4.72. The Balaban J connectivity index is 2.93. The second-order valence-electron chi connectivity index (χ2n) is 4.22. The maximum Gasteiger partial charge on any atom is 0.301 e. The first-order valence-electron chi connectivity index (χ1n) is 6.24. The van der Waals surface area contributed by atoms with E-state index in [-0.39, 0.29) is 24.7 Å². The molecule has 0 saturated carbocycles. The predicted molar refractivity (Wildman–Crippen MR) is 72.5 cm³/mol. The van der Waals surface area contributed by atoms with Gasteiger partial charge in [-0.1, -0.05) is 17.7 Å². The van der Waals surface area contributed by atoms with E-state index in [4.69, 9.17) is 18.8 Å². The molecule has 0 fully saturated rings. The lowest BCUT2D eigenvalue weighted by Gasteiger charge is -2.28. The first kappa shape index (κ1) is 17.1. The number of aliphatic hydroxyl groups is 1. The van der Waals surface area contributed by atoms with Gasteiger partial charge in [-0.25, -0.2) is 4.18 Å². The number of ether oxygens (including phenoxy) is 2. The van der Waals surface area contributed by atoms with Gasteiger partial charge in [-0.15, -0.1) is 0 Å². The largest absolute Gasteiger partial charge is 0.394 e. The van der Waals surface area contributed by atoms with Crippen molar-refractivity contribution in [3.8, 4) is 0 Å². The van der Waals surface area contributed by atoms with E-state index >= 15 is 0 Å². The van der Waals surface area contributed by atoms with Crippen molar-refractivity contribution in [2.24, 2.45) is 0 Å². The van der Waals surface area contributed by atoms with E-state index in [0.29, 0.717) is 0 Å². The number of benzene rings is 1. The summed E-state index contributed by atoms with van der Waals surface area (Å²) >= 11 is 0. The Labute approximate surface area is 119 Å². The number of hydrogen-bond donors (Lipinski definition) is 1. The van der Waals surface area contributed by atoms with Crippen LogP contribution in [0.5, 0.6) is 0 Å². The quantitative estimate of drug-likeness (QED) is 0.578. The molecule has 0 aliphatic heterocycles. The van der Waals surface area contributed by atoms with Crippen molar-refractivity contribution in [1.29, 1.82) is 0 Å². The third-order valence-electron chi connectivity index (χ3n) is 2.43. The second-order valence-corrected chi connectivity index (χ2v) is 5.76. The predicted octanol–water partition coefficient (Wildman–Crippen LogP) is 1.42. The van der Waals surface area contributed by atoms with Crippen molar-refractivity contribution >= 4 is 10.1 Å². The Morgan fingerprint density at radius 2 is 1.80 bits per heavy atom. The lowest BCUT2D eigenvalue weighted by molar-refractivity contribution is -0.330. The van der Waals surface area contributed by atoms with Crippen LogP contribution >= 0.6 is 0 Å². The third-order valence-corrected chi connectivity index (χ3v) is 3.80. The highest BCUT2D eigenvalue weighted by atomic mass is 32.2. The lowest BCUT2D eigenvalue weighted by atomic mass is 10.2. The Morgan fingerprint density at radius 3 is 2.30 bits per heavy atom. The molecule has 0 radical (unpaired) electrons. The van der Waals surface area contributed by atoms with Gasteiger partial charge in [0.15, 0.2) is 0 Å². The summed E-state index contributed by atoms with van der Waals surface area (Å²) in [5.41, 5.74) is 0.938. The topological polar surface area (TPSA) is 82.1 Å². The molecule has 0 heterocycles. The van der Waals surface area contributed by atoms with Crippen LogP contribution in [0.25, 0.3) is 0 Å². The molecule has 1 N–H and O–H groups in total. The number of rotatable bonds is 8. The molecule has 1 unspecified atom stereocenters. The molecule has 0 aromatic heterocycles. The molecule has 0 aliphatic carbocycles. The van der Waals surface area contributed by atoms with Crippen molar-refractivity contribution in [1.82, 2.24) is 0 Å². The number of aryl methyl sites for hydroxylation is 1. The van der Waals surface area contributed by atoms with Gasteiger partial charge in [0.1, 0.15) is 0 Å². The van der Waals surface area contributed by atoms with Gasteiger partial charge >= 0.3 is 10.1 Å². The zero-order valence-corrected chi connectivity index (χ0v) is 12.6. The Hall–Kier alpha value is -0.990. The van der Waals surface area contributed by atoms with Crippen LogP contribution in [0.4, 0.5) is 0 Å². The van der Waals surface area contributed by atoms with Crippen LogP contribution < -0.4 is 0 Å². The van der Waals surface area contributed by atoms with Gasteiger partial charge < -0.3 is 14.6 Å². The minimum Gasteiger partial charge on any atom is -0.394 e. The van der Waals surface area contributed by atoms with Crippen LogP contribution in [0, 0.1) is 6.92 Å². The number of hydrogen-bond acceptors (Lipinski definition) is 6. The average Bonchev–Trinajstić information content (AvgIpc) is 2.36. The molecule has 7 heteroatoms. The van der Waals surface area contributed by atoms with Gasteiger partial charge in [-0.2, -0.15) is 8.42 Å². The van der Waals surface area contributed by atoms with E-state index in [1.165, 1.54) is 19.1 Å². The van der Waals surface area contributed by atoms with Gasteiger partial charge in [-0.3, -0.25) is 0 Å². The molecule has 0 bridgehead atoms. The first-order valence-corrected chi connectivity index (χ1v) is 7.65. The molecular formula is C13H20O6S. The normalized spacial score (nSPS) is 15.0. The van der Waals surface area contributed by atoms with Gasteiger partial charge in [0.25, 0.3) is 5.97 Å². The monoisotopic (exact) mass is 304 g/mol. The van der Waals surface area contributed by atoms with E-state index in [0.717, 1.165) is 5.56 Å². The zero-order valence-electron chi connectivity index (χ0n) is 11.8. The van der Waals surface area contributed by atoms with E-state index in [1.807, 2.05) is 6.92 Å². The molecule has 114 valence electrons. The van der Waals surface area contributed by atoms with Gasteiger partial charge in [0, 0.05) is 13.5 Å². The van der Waals surface area contributed by atoms with Crippen LogP contribution in [0.15, 0.2) is 29.2 Å². The molecule has 6 nitrogen and oxygen atoms in total. The average molecular weight is 304 g/mol. The molecule has 0 amide bonds. The van der Waals surface area contributed by atoms with E-state index in [2.05, 4.69) is 0 Å². The Kier molecular flexibility index (Phi) is 6.09. The minimum absolute atomic E-state index is 0.0154. The fourth-order valence-corrected chi connectivity index (χ4v) is 2.60. The van der Waals surface area contributed by atoms with Crippen molar-refractivity contribution in [2.45, 2.75) is 31.6 Å². The van der Waals surface area contributed by atoms with E-state index < -0.39 is 16.1 Å². The molecule has 1 atom stereocenters. The maximum absolute atomic E-state index is 12.2. The minimum atomic E-state index is -4.02. The Morgan fingerprint density at radius 1 is 1.20 bits per heavy atom. The van der Waals surface area contributed by atoms with Crippen LogP contribution in [0.2, 0.25) is 0 Å². The van der Waals surface area contributed by atoms with E-state index in [9.17, 15) is 8.42 Å². The van der Waals surface area contributed by atoms with Crippen molar-refractivity contribution in [3.63, 3.8) is 0 Å². The van der Waals surface area contributed by atoms with Gasteiger partial charge in [0.05, 0.1) is 18.1 Å². The molecular weight excluding hydrogens is 284 g/mol. The van der Waals surface area contributed by atoms with Crippen LogP contribution in [-0.2, 0) is 23.8 Å². The van der Waals surface area contributed by atoms with Crippen molar-refractivity contribution in [2.75, 3.05) is 19.8 Å². The standard InChI is InChI=1S/C13H20O6S/c1-4-17-13(3,18-10-9-14)19-20(15,16)12-7-5-11(2)6-8-12/h5-8,14H,4,9-10H2,1-3H3. The summed E-state index contributed by atoms with van der Waals surface area (Å²) in [5.74, 6) is -1.76. The summed E-state index contributed by atoms with van der Waals surface area (Å²) in [6, 6.07) is 6.23. The molecule has 1 aromatic rings. The highest BCUT2D eigenvalue weighted by Crippen LogP contribution is 2.23. The highest BCUT2D eigenvalue weighted by Gasteiger charge is 2.34. The maximum atomic E-state index is 12.2. The van der Waals surface area contributed by atoms with Crippen LogP contribution in [0.3, 0.4) is 0 Å². The third kappa shape index (κ3) is 4.84. The molecule has 0 spiro atoms. The van der Waals surface area contributed by atoms with Crippen molar-refractivity contribution < 1.29 is 27.2 Å². The molecule has 0 aliphatic rings. The summed E-state index contributed by atoms with van der Waals surface area (Å²) in [5, 5.41) is 8.76. The van der Waals surface area contributed by atoms with E-state index in [1.54, 1.807) is 19.1 Å². The smallest absolute Gasteiger partial charge is 0.301 e. The molecule has 20 heavy (non-hydrogen) atoms. The molecule has 1 aromatic carbocycles. The number of aliphatic hydroxyl groups excluding tert-OH is 1. The van der Waals surface area contributed by atoms with Gasteiger partial charge in [0.2, 0.25) is 0 Å². The van der Waals surface area contributed by atoms with Crippen molar-refractivity contribution in [3.05, 3.63) is 29.8 Å². The lowest BCUT2D eigenvalue weighted by Crippen LogP contribution is -2.38. The summed E-state index contributed by atoms with van der Waals surface area (Å²) < 4.78 is 39.6. The van der Waals surface area contributed by atoms with Crippen LogP contribution in [0.1, 0.15) is 19.4 Å².